The summed E-state index contributed by atoms with van der Waals surface area (Å²) in [5.41, 5.74) is 6.48. The molecule has 17 heavy (non-hydrogen) atoms. The van der Waals surface area contributed by atoms with Crippen molar-refractivity contribution >= 4 is 0 Å². The van der Waals surface area contributed by atoms with Crippen LogP contribution < -0.4 is 10.5 Å². The molecule has 0 spiro atoms. The Bertz CT molecular complexity index is 317. The summed E-state index contributed by atoms with van der Waals surface area (Å²) in [5.74, 6) is 0.960. The molecule has 2 rings (SSSR count). The molecule has 2 nitrogen and oxygen atoms in total. The Balaban J connectivity index is 1.66. The van der Waals surface area contributed by atoms with E-state index in [0.29, 0.717) is 0 Å². The van der Waals surface area contributed by atoms with Crippen molar-refractivity contribution in [3.63, 3.8) is 0 Å². The van der Waals surface area contributed by atoms with Crippen LogP contribution in [-0.2, 0) is 0 Å². The number of ether oxygens (including phenoxy) is 1. The molecule has 0 amide bonds. The minimum atomic E-state index is 0.0955. The normalized spacial score (nSPS) is 18.9. The molecule has 0 saturated heterocycles. The summed E-state index contributed by atoms with van der Waals surface area (Å²) in [6.45, 7) is 0.781. The molecule has 0 aromatic heterocycles. The van der Waals surface area contributed by atoms with Gasteiger partial charge in [0.1, 0.15) is 5.75 Å². The minimum absolute atomic E-state index is 0.0955. The number of para-hydroxylation sites is 1. The van der Waals surface area contributed by atoms with Crippen molar-refractivity contribution in [2.75, 3.05) is 6.61 Å². The molecule has 1 aliphatic rings. The van der Waals surface area contributed by atoms with E-state index in [9.17, 15) is 0 Å². The molecule has 0 radical (unpaired) electrons. The Hall–Kier alpha value is -1.02. The lowest BCUT2D eigenvalue weighted by Gasteiger charge is -2.33. The molecular weight excluding hydrogens is 210 g/mol. The molecule has 1 saturated carbocycles. The third kappa shape index (κ3) is 4.04. The van der Waals surface area contributed by atoms with Gasteiger partial charge < -0.3 is 10.5 Å². The number of rotatable bonds is 5. The topological polar surface area (TPSA) is 35.2 Å². The number of nitrogens with two attached hydrogens (primary N) is 1. The van der Waals surface area contributed by atoms with Gasteiger partial charge in [-0.25, -0.2) is 0 Å². The molecule has 0 bridgehead atoms. The fourth-order valence-electron chi connectivity index (χ4n) is 2.64. The van der Waals surface area contributed by atoms with Crippen molar-refractivity contribution in [2.24, 2.45) is 5.73 Å². The third-order valence-electron chi connectivity index (χ3n) is 3.68. The summed E-state index contributed by atoms with van der Waals surface area (Å²) in [4.78, 5) is 0. The number of hydrogen-bond donors (Lipinski definition) is 1. The Labute approximate surface area is 104 Å². The van der Waals surface area contributed by atoms with Crippen LogP contribution in [0.25, 0.3) is 0 Å². The smallest absolute Gasteiger partial charge is 0.119 e. The van der Waals surface area contributed by atoms with Gasteiger partial charge in [-0.3, -0.25) is 0 Å². The van der Waals surface area contributed by atoms with Crippen LogP contribution in [0.4, 0.5) is 0 Å². The molecular formula is C15H23NO. The quantitative estimate of drug-likeness (QED) is 0.790. The monoisotopic (exact) mass is 233 g/mol. The molecule has 1 aromatic carbocycles. The third-order valence-corrected chi connectivity index (χ3v) is 3.68. The predicted octanol–water partition coefficient (Wildman–Crippen LogP) is 3.51. The van der Waals surface area contributed by atoms with Crippen molar-refractivity contribution < 1.29 is 4.74 Å². The Morgan fingerprint density at radius 3 is 2.47 bits per heavy atom. The summed E-state index contributed by atoms with van der Waals surface area (Å²) in [6, 6.07) is 10.0. The van der Waals surface area contributed by atoms with Gasteiger partial charge in [-0.2, -0.15) is 0 Å². The van der Waals surface area contributed by atoms with E-state index in [2.05, 4.69) is 0 Å². The first-order valence-corrected chi connectivity index (χ1v) is 6.75. The van der Waals surface area contributed by atoms with Crippen LogP contribution in [0.15, 0.2) is 30.3 Å². The molecule has 0 heterocycles. The van der Waals surface area contributed by atoms with Crippen LogP contribution in [0.1, 0.15) is 44.9 Å². The van der Waals surface area contributed by atoms with Crippen LogP contribution >= 0.6 is 0 Å². The van der Waals surface area contributed by atoms with Crippen LogP contribution in [0.2, 0.25) is 0 Å². The Morgan fingerprint density at radius 2 is 1.76 bits per heavy atom. The average Bonchev–Trinajstić information content (AvgIpc) is 2.37. The zero-order chi connectivity index (χ0) is 12.0. The second kappa shape index (κ2) is 6.06. The molecule has 0 atom stereocenters. The molecule has 1 aliphatic carbocycles. The molecule has 1 aromatic rings. The number of benzene rings is 1. The summed E-state index contributed by atoms with van der Waals surface area (Å²) in [5, 5.41) is 0. The van der Waals surface area contributed by atoms with Gasteiger partial charge in [0.2, 0.25) is 0 Å². The molecule has 1 fully saturated rings. The van der Waals surface area contributed by atoms with Gasteiger partial charge in [0, 0.05) is 5.54 Å². The van der Waals surface area contributed by atoms with Gasteiger partial charge in [0.15, 0.2) is 0 Å². The van der Waals surface area contributed by atoms with E-state index in [1.807, 2.05) is 30.3 Å². The first-order chi connectivity index (χ1) is 8.29. The van der Waals surface area contributed by atoms with E-state index in [1.54, 1.807) is 0 Å². The van der Waals surface area contributed by atoms with Crippen LogP contribution in [-0.4, -0.2) is 12.1 Å². The largest absolute Gasteiger partial charge is 0.494 e. The van der Waals surface area contributed by atoms with Crippen molar-refractivity contribution in [1.29, 1.82) is 0 Å². The zero-order valence-electron chi connectivity index (χ0n) is 10.5. The van der Waals surface area contributed by atoms with E-state index in [0.717, 1.165) is 25.2 Å². The summed E-state index contributed by atoms with van der Waals surface area (Å²) < 4.78 is 5.69. The first-order valence-electron chi connectivity index (χ1n) is 6.75. The van der Waals surface area contributed by atoms with Gasteiger partial charge in [0.25, 0.3) is 0 Å². The Kier molecular flexibility index (Phi) is 4.43. The average molecular weight is 233 g/mol. The maximum atomic E-state index is 6.38. The highest BCUT2D eigenvalue weighted by atomic mass is 16.5. The van der Waals surface area contributed by atoms with E-state index in [-0.39, 0.29) is 5.54 Å². The van der Waals surface area contributed by atoms with E-state index in [1.165, 1.54) is 32.1 Å². The molecule has 2 N–H and O–H groups in total. The fraction of sp³-hybridized carbons (Fsp3) is 0.600. The van der Waals surface area contributed by atoms with Gasteiger partial charge in [-0.15, -0.1) is 0 Å². The maximum absolute atomic E-state index is 6.38. The summed E-state index contributed by atoms with van der Waals surface area (Å²) in [6.07, 6.45) is 8.51. The highest BCUT2D eigenvalue weighted by Crippen LogP contribution is 2.29. The van der Waals surface area contributed by atoms with Gasteiger partial charge >= 0.3 is 0 Å². The molecule has 94 valence electrons. The van der Waals surface area contributed by atoms with Gasteiger partial charge in [-0.1, -0.05) is 37.5 Å². The SMILES string of the molecule is NC1(CCCOc2ccccc2)CCCCC1. The lowest BCUT2D eigenvalue weighted by molar-refractivity contribution is 0.238. The second-order valence-corrected chi connectivity index (χ2v) is 5.19. The summed E-state index contributed by atoms with van der Waals surface area (Å²) in [7, 11) is 0. The van der Waals surface area contributed by atoms with Crippen molar-refractivity contribution in [3.05, 3.63) is 30.3 Å². The highest BCUT2D eigenvalue weighted by molar-refractivity contribution is 5.20. The molecule has 2 heteroatoms. The maximum Gasteiger partial charge on any atom is 0.119 e. The highest BCUT2D eigenvalue weighted by Gasteiger charge is 2.26. The molecule has 0 unspecified atom stereocenters. The number of hydrogen-bond acceptors (Lipinski definition) is 2. The van der Waals surface area contributed by atoms with Crippen molar-refractivity contribution in [2.45, 2.75) is 50.5 Å². The van der Waals surface area contributed by atoms with Crippen molar-refractivity contribution in [1.82, 2.24) is 0 Å². The lowest BCUT2D eigenvalue weighted by Crippen LogP contribution is -2.41. The van der Waals surface area contributed by atoms with E-state index in [4.69, 9.17) is 10.5 Å². The predicted molar refractivity (Wildman–Crippen MR) is 71.2 cm³/mol. The fourth-order valence-corrected chi connectivity index (χ4v) is 2.64. The van der Waals surface area contributed by atoms with Crippen LogP contribution in [0, 0.1) is 0 Å². The standard InChI is InChI=1S/C15H23NO/c16-15(10-5-2-6-11-15)12-7-13-17-14-8-3-1-4-9-14/h1,3-4,8-9H,2,5-7,10-13,16H2. The van der Waals surface area contributed by atoms with Gasteiger partial charge in [-0.05, 0) is 37.8 Å². The second-order valence-electron chi connectivity index (χ2n) is 5.19. The first kappa shape index (κ1) is 12.4. The van der Waals surface area contributed by atoms with E-state index >= 15 is 0 Å². The zero-order valence-corrected chi connectivity index (χ0v) is 10.5. The minimum Gasteiger partial charge on any atom is -0.494 e. The lowest BCUT2D eigenvalue weighted by atomic mass is 9.79. The summed E-state index contributed by atoms with van der Waals surface area (Å²) >= 11 is 0. The van der Waals surface area contributed by atoms with Gasteiger partial charge in [0.05, 0.1) is 6.61 Å². The molecule has 0 aliphatic heterocycles. The van der Waals surface area contributed by atoms with Crippen molar-refractivity contribution in [3.8, 4) is 5.75 Å². The Morgan fingerprint density at radius 1 is 1.06 bits per heavy atom. The van der Waals surface area contributed by atoms with Crippen LogP contribution in [0.3, 0.4) is 0 Å². The van der Waals surface area contributed by atoms with Crippen LogP contribution in [0.5, 0.6) is 5.75 Å². The van der Waals surface area contributed by atoms with E-state index < -0.39 is 0 Å².